The van der Waals surface area contributed by atoms with Crippen LogP contribution in [-0.4, -0.2) is 58.9 Å². The van der Waals surface area contributed by atoms with Gasteiger partial charge in [-0.2, -0.15) is 0 Å². The van der Waals surface area contributed by atoms with Gasteiger partial charge in [0.1, 0.15) is 0 Å². The lowest BCUT2D eigenvalue weighted by molar-refractivity contribution is 0.0628. The molecule has 1 atom stereocenters. The average Bonchev–Trinajstić information content (AvgIpc) is 2.40. The van der Waals surface area contributed by atoms with Crippen LogP contribution in [0.3, 0.4) is 0 Å². The lowest BCUT2D eigenvalue weighted by Gasteiger charge is -2.37. The van der Waals surface area contributed by atoms with Crippen molar-refractivity contribution in [3.05, 3.63) is 34.9 Å². The highest BCUT2D eigenvalue weighted by Crippen LogP contribution is 2.24. The minimum absolute atomic E-state index is 0.00653. The zero-order chi connectivity index (χ0) is 13.8. The van der Waals surface area contributed by atoms with E-state index in [0.29, 0.717) is 31.2 Å². The Morgan fingerprint density at radius 2 is 2.00 bits per heavy atom. The predicted molar refractivity (Wildman–Crippen MR) is 72.4 cm³/mol. The fourth-order valence-electron chi connectivity index (χ4n) is 2.37. The minimum Gasteiger partial charge on any atom is -0.465 e. The molecule has 0 bridgehead atoms. The first-order chi connectivity index (χ1) is 9.11. The molecule has 2 N–H and O–H groups in total. The molecule has 0 aliphatic carbocycles. The number of nitrogens with zero attached hydrogens (tertiary/aromatic N) is 2. The van der Waals surface area contributed by atoms with Crippen molar-refractivity contribution in [2.75, 3.05) is 32.8 Å². The molecule has 1 aliphatic rings. The molecule has 0 spiro atoms. The molecule has 1 aliphatic heterocycles. The van der Waals surface area contributed by atoms with E-state index in [4.69, 9.17) is 16.7 Å². The van der Waals surface area contributed by atoms with Crippen LogP contribution in [0.1, 0.15) is 11.6 Å². The summed E-state index contributed by atoms with van der Waals surface area (Å²) in [5.41, 5.74) is 0.957. The molecule has 6 heteroatoms. The number of hydrogen-bond acceptors (Lipinski definition) is 3. The fraction of sp³-hybridized carbons (Fsp3) is 0.462. The van der Waals surface area contributed by atoms with Gasteiger partial charge in [0.2, 0.25) is 0 Å². The van der Waals surface area contributed by atoms with Crippen molar-refractivity contribution in [2.45, 2.75) is 6.04 Å². The number of carboxylic acid groups (broad SMARTS) is 1. The zero-order valence-corrected chi connectivity index (χ0v) is 11.3. The van der Waals surface area contributed by atoms with Crippen LogP contribution < -0.4 is 0 Å². The third kappa shape index (κ3) is 3.37. The smallest absolute Gasteiger partial charge is 0.407 e. The molecular weight excluding hydrogens is 268 g/mol. The predicted octanol–water partition coefficient (Wildman–Crippen LogP) is 1.67. The normalized spacial score (nSPS) is 18.3. The van der Waals surface area contributed by atoms with Crippen LogP contribution in [0.4, 0.5) is 4.79 Å². The number of carbonyl (C=O) groups is 1. The van der Waals surface area contributed by atoms with Crippen molar-refractivity contribution in [2.24, 2.45) is 0 Å². The van der Waals surface area contributed by atoms with E-state index in [2.05, 4.69) is 4.90 Å². The Morgan fingerprint density at radius 3 is 2.53 bits per heavy atom. The largest absolute Gasteiger partial charge is 0.465 e. The van der Waals surface area contributed by atoms with Gasteiger partial charge in [-0.3, -0.25) is 4.90 Å². The Morgan fingerprint density at radius 1 is 1.32 bits per heavy atom. The maximum absolute atomic E-state index is 10.9. The molecule has 0 radical (unpaired) electrons. The molecule has 2 rings (SSSR count). The molecule has 1 fully saturated rings. The highest BCUT2D eigenvalue weighted by atomic mass is 35.5. The second kappa shape index (κ2) is 6.23. The third-order valence-electron chi connectivity index (χ3n) is 3.43. The summed E-state index contributed by atoms with van der Waals surface area (Å²) in [6, 6.07) is 7.28. The van der Waals surface area contributed by atoms with Crippen molar-refractivity contribution in [3.63, 3.8) is 0 Å². The van der Waals surface area contributed by atoms with Crippen LogP contribution in [0.15, 0.2) is 24.3 Å². The highest BCUT2D eigenvalue weighted by molar-refractivity contribution is 6.30. The SMILES string of the molecule is O=C(O)N1CCN(C(CO)c2cccc(Cl)c2)CC1. The van der Waals surface area contributed by atoms with E-state index >= 15 is 0 Å². The zero-order valence-electron chi connectivity index (χ0n) is 10.5. The second-order valence-electron chi connectivity index (χ2n) is 4.56. The Kier molecular flexibility index (Phi) is 4.63. The minimum atomic E-state index is -0.886. The molecule has 1 saturated heterocycles. The van der Waals surface area contributed by atoms with E-state index in [1.54, 1.807) is 6.07 Å². The molecule has 0 aromatic heterocycles. The average molecular weight is 285 g/mol. The van der Waals surface area contributed by atoms with Gasteiger partial charge < -0.3 is 15.1 Å². The van der Waals surface area contributed by atoms with Gasteiger partial charge in [-0.1, -0.05) is 23.7 Å². The van der Waals surface area contributed by atoms with Gasteiger partial charge in [0.15, 0.2) is 0 Å². The summed E-state index contributed by atoms with van der Waals surface area (Å²) in [5, 5.41) is 19.1. The summed E-state index contributed by atoms with van der Waals surface area (Å²) in [6.45, 7) is 2.15. The van der Waals surface area contributed by atoms with E-state index in [1.807, 2.05) is 18.2 Å². The molecule has 1 aromatic rings. The summed E-state index contributed by atoms with van der Waals surface area (Å²) in [5.74, 6) is 0. The Hall–Kier alpha value is -1.30. The van der Waals surface area contributed by atoms with Crippen LogP contribution in [0.5, 0.6) is 0 Å². The Bertz CT molecular complexity index is 447. The first kappa shape index (κ1) is 14.1. The maximum atomic E-state index is 10.9. The van der Waals surface area contributed by atoms with Gasteiger partial charge in [-0.25, -0.2) is 4.79 Å². The second-order valence-corrected chi connectivity index (χ2v) is 5.00. The quantitative estimate of drug-likeness (QED) is 0.886. The Balaban J connectivity index is 2.05. The van der Waals surface area contributed by atoms with Gasteiger partial charge in [-0.05, 0) is 17.7 Å². The van der Waals surface area contributed by atoms with Crippen molar-refractivity contribution < 1.29 is 15.0 Å². The molecule has 1 amide bonds. The number of amides is 1. The summed E-state index contributed by atoms with van der Waals surface area (Å²) in [4.78, 5) is 14.3. The third-order valence-corrected chi connectivity index (χ3v) is 3.67. The number of hydrogen-bond donors (Lipinski definition) is 2. The highest BCUT2D eigenvalue weighted by Gasteiger charge is 2.26. The number of aliphatic hydroxyl groups is 1. The molecule has 1 unspecified atom stereocenters. The van der Waals surface area contributed by atoms with Crippen LogP contribution >= 0.6 is 11.6 Å². The topological polar surface area (TPSA) is 64.0 Å². The van der Waals surface area contributed by atoms with Gasteiger partial charge in [-0.15, -0.1) is 0 Å². The molecule has 0 saturated carbocycles. The standard InChI is InChI=1S/C13H17ClN2O3/c14-11-3-1-2-10(8-11)12(9-17)15-4-6-16(7-5-15)13(18)19/h1-3,8,12,17H,4-7,9H2,(H,18,19). The van der Waals surface area contributed by atoms with E-state index in [0.717, 1.165) is 5.56 Å². The molecule has 5 nitrogen and oxygen atoms in total. The van der Waals surface area contributed by atoms with Crippen LogP contribution in [-0.2, 0) is 0 Å². The van der Waals surface area contributed by atoms with E-state index in [9.17, 15) is 9.90 Å². The van der Waals surface area contributed by atoms with Crippen molar-refractivity contribution in [1.82, 2.24) is 9.80 Å². The summed E-state index contributed by atoms with van der Waals surface area (Å²) in [7, 11) is 0. The van der Waals surface area contributed by atoms with Gasteiger partial charge in [0.25, 0.3) is 0 Å². The molecular formula is C13H17ClN2O3. The van der Waals surface area contributed by atoms with E-state index < -0.39 is 6.09 Å². The van der Waals surface area contributed by atoms with Gasteiger partial charge in [0.05, 0.1) is 12.6 Å². The van der Waals surface area contributed by atoms with E-state index in [-0.39, 0.29) is 12.6 Å². The van der Waals surface area contributed by atoms with Crippen molar-refractivity contribution in [3.8, 4) is 0 Å². The number of aliphatic hydroxyl groups excluding tert-OH is 1. The number of rotatable bonds is 3. The van der Waals surface area contributed by atoms with Gasteiger partial charge >= 0.3 is 6.09 Å². The number of benzene rings is 1. The number of halogens is 1. The maximum Gasteiger partial charge on any atom is 0.407 e. The monoisotopic (exact) mass is 284 g/mol. The molecule has 1 aromatic carbocycles. The summed E-state index contributed by atoms with van der Waals surface area (Å²) < 4.78 is 0. The van der Waals surface area contributed by atoms with Gasteiger partial charge in [0, 0.05) is 31.2 Å². The van der Waals surface area contributed by atoms with Crippen LogP contribution in [0.2, 0.25) is 5.02 Å². The Labute approximate surface area is 117 Å². The first-order valence-corrected chi connectivity index (χ1v) is 6.58. The molecule has 104 valence electrons. The molecule has 1 heterocycles. The lowest BCUT2D eigenvalue weighted by atomic mass is 10.1. The number of piperazine rings is 1. The van der Waals surface area contributed by atoms with Crippen LogP contribution in [0, 0.1) is 0 Å². The summed E-state index contributed by atoms with van der Waals surface area (Å²) in [6.07, 6.45) is -0.886. The summed E-state index contributed by atoms with van der Waals surface area (Å²) >= 11 is 5.96. The van der Waals surface area contributed by atoms with Crippen LogP contribution in [0.25, 0.3) is 0 Å². The first-order valence-electron chi connectivity index (χ1n) is 6.20. The van der Waals surface area contributed by atoms with E-state index in [1.165, 1.54) is 4.90 Å². The van der Waals surface area contributed by atoms with Crippen molar-refractivity contribution in [1.29, 1.82) is 0 Å². The lowest BCUT2D eigenvalue weighted by Crippen LogP contribution is -2.49. The van der Waals surface area contributed by atoms with Crippen molar-refractivity contribution >= 4 is 17.7 Å². The molecule has 19 heavy (non-hydrogen) atoms. The fourth-order valence-corrected chi connectivity index (χ4v) is 2.57.